The fraction of sp³-hybridized carbons (Fsp3) is 0.273. The van der Waals surface area contributed by atoms with Gasteiger partial charge in [0.1, 0.15) is 0 Å². The Labute approximate surface area is 86.9 Å². The molecule has 0 aromatic heterocycles. The van der Waals surface area contributed by atoms with Crippen molar-refractivity contribution in [3.8, 4) is 0 Å². The number of hydrogen-bond acceptors (Lipinski definition) is 0. The topological polar surface area (TPSA) is 0 Å². The van der Waals surface area contributed by atoms with Crippen LogP contribution in [0.25, 0.3) is 0 Å². The van der Waals surface area contributed by atoms with Gasteiger partial charge in [-0.1, -0.05) is 65.1 Å². The van der Waals surface area contributed by atoms with E-state index in [0.29, 0.717) is 3.42 Å². The van der Waals surface area contributed by atoms with Crippen LogP contribution in [0.1, 0.15) is 12.8 Å². The van der Waals surface area contributed by atoms with Crippen molar-refractivity contribution >= 4 is 22.6 Å². The lowest BCUT2D eigenvalue weighted by Crippen LogP contribution is -2.19. The second kappa shape index (κ2) is 3.21. The van der Waals surface area contributed by atoms with Crippen LogP contribution in [0.5, 0.6) is 0 Å². The maximum atomic E-state index is 2.55. The summed E-state index contributed by atoms with van der Waals surface area (Å²) in [5.74, 6) is 0. The largest absolute Gasteiger partial charge is 0.0826 e. The molecule has 0 aromatic carbocycles. The number of rotatable bonds is 0. The molecule has 0 aromatic rings. The lowest BCUT2D eigenvalue weighted by molar-refractivity contribution is 0.732. The summed E-state index contributed by atoms with van der Waals surface area (Å²) in [6.07, 6.45) is 17.7. The Morgan fingerprint density at radius 2 is 2.17 bits per heavy atom. The van der Waals surface area contributed by atoms with Crippen LogP contribution in [0.3, 0.4) is 0 Å². The first kappa shape index (κ1) is 8.30. The van der Waals surface area contributed by atoms with Crippen molar-refractivity contribution in [2.24, 2.45) is 0 Å². The van der Waals surface area contributed by atoms with Gasteiger partial charge in [0.25, 0.3) is 0 Å². The van der Waals surface area contributed by atoms with Crippen LogP contribution in [-0.2, 0) is 0 Å². The van der Waals surface area contributed by atoms with Crippen molar-refractivity contribution in [2.45, 2.75) is 16.3 Å². The first-order chi connectivity index (χ1) is 5.79. The number of fused-ring (bicyclic) bond motifs is 2. The Morgan fingerprint density at radius 1 is 1.25 bits per heavy atom. The first-order valence-electron chi connectivity index (χ1n) is 4.19. The van der Waals surface area contributed by atoms with Gasteiger partial charge in [0.2, 0.25) is 0 Å². The van der Waals surface area contributed by atoms with E-state index in [2.05, 4.69) is 65.1 Å². The molecule has 0 radical (unpaired) electrons. The Kier molecular flexibility index (Phi) is 2.22. The van der Waals surface area contributed by atoms with Crippen LogP contribution in [-0.4, -0.2) is 3.42 Å². The number of hydrogen-bond donors (Lipinski definition) is 0. The molecule has 62 valence electrons. The molecule has 2 rings (SSSR count). The minimum Gasteiger partial charge on any atom is -0.0826 e. The SMILES string of the molecule is IC12\C=C/C=C\C=C(\C=CC1)C2. The van der Waals surface area contributed by atoms with Gasteiger partial charge in [-0.15, -0.1) is 0 Å². The molecule has 2 bridgehead atoms. The predicted molar refractivity (Wildman–Crippen MR) is 61.5 cm³/mol. The highest BCUT2D eigenvalue weighted by Gasteiger charge is 2.25. The van der Waals surface area contributed by atoms with Gasteiger partial charge in [-0.05, 0) is 18.4 Å². The summed E-state index contributed by atoms with van der Waals surface area (Å²) >= 11 is 2.55. The number of halogens is 1. The van der Waals surface area contributed by atoms with E-state index in [-0.39, 0.29) is 0 Å². The predicted octanol–water partition coefficient (Wildman–Crippen LogP) is 3.56. The molecular weight excluding hydrogens is 259 g/mol. The van der Waals surface area contributed by atoms with E-state index in [1.165, 1.54) is 12.0 Å². The molecule has 2 aliphatic rings. The maximum Gasteiger partial charge on any atom is 0.0478 e. The quantitative estimate of drug-likeness (QED) is 0.466. The van der Waals surface area contributed by atoms with Gasteiger partial charge in [-0.25, -0.2) is 0 Å². The third-order valence-electron chi connectivity index (χ3n) is 2.21. The maximum absolute atomic E-state index is 2.55. The van der Waals surface area contributed by atoms with Crippen molar-refractivity contribution in [1.82, 2.24) is 0 Å². The fourth-order valence-corrected chi connectivity index (χ4v) is 2.49. The van der Waals surface area contributed by atoms with Crippen molar-refractivity contribution < 1.29 is 0 Å². The van der Waals surface area contributed by atoms with E-state index in [9.17, 15) is 0 Å². The average molecular weight is 270 g/mol. The van der Waals surface area contributed by atoms with E-state index >= 15 is 0 Å². The van der Waals surface area contributed by atoms with Crippen LogP contribution in [0.2, 0.25) is 0 Å². The molecule has 0 heterocycles. The normalized spacial score (nSPS) is 42.2. The van der Waals surface area contributed by atoms with Crippen LogP contribution in [0.15, 0.2) is 48.1 Å². The van der Waals surface area contributed by atoms with E-state index in [1.54, 1.807) is 0 Å². The zero-order valence-corrected chi connectivity index (χ0v) is 8.99. The molecule has 0 N–H and O–H groups in total. The van der Waals surface area contributed by atoms with Crippen LogP contribution in [0.4, 0.5) is 0 Å². The molecule has 0 nitrogen and oxygen atoms in total. The molecular formula is C11H11I. The number of allylic oxidation sites excluding steroid dienone is 8. The van der Waals surface area contributed by atoms with E-state index < -0.39 is 0 Å². The Bertz CT molecular complexity index is 294. The Balaban J connectivity index is 2.41. The van der Waals surface area contributed by atoms with Gasteiger partial charge in [0, 0.05) is 3.42 Å². The fourth-order valence-electron chi connectivity index (χ4n) is 1.59. The molecule has 0 amide bonds. The van der Waals surface area contributed by atoms with E-state index in [0.717, 1.165) is 6.42 Å². The molecule has 1 atom stereocenters. The zero-order chi connectivity index (χ0) is 8.44. The molecule has 1 unspecified atom stereocenters. The molecule has 12 heavy (non-hydrogen) atoms. The molecule has 2 aliphatic carbocycles. The Morgan fingerprint density at radius 3 is 3.08 bits per heavy atom. The van der Waals surface area contributed by atoms with Crippen LogP contribution in [0, 0.1) is 0 Å². The second-order valence-electron chi connectivity index (χ2n) is 3.30. The summed E-state index contributed by atoms with van der Waals surface area (Å²) in [6.45, 7) is 0. The number of alkyl halides is 1. The third kappa shape index (κ3) is 1.71. The zero-order valence-electron chi connectivity index (χ0n) is 6.83. The van der Waals surface area contributed by atoms with Gasteiger partial charge in [-0.3, -0.25) is 0 Å². The second-order valence-corrected chi connectivity index (χ2v) is 5.45. The minimum absolute atomic E-state index is 0.336. The summed E-state index contributed by atoms with van der Waals surface area (Å²) in [7, 11) is 0. The Hall–Kier alpha value is -0.310. The lowest BCUT2D eigenvalue weighted by atomic mass is 9.89. The molecule has 0 saturated carbocycles. The summed E-state index contributed by atoms with van der Waals surface area (Å²) in [4.78, 5) is 0. The van der Waals surface area contributed by atoms with Crippen LogP contribution >= 0.6 is 22.6 Å². The third-order valence-corrected chi connectivity index (χ3v) is 3.40. The van der Waals surface area contributed by atoms with Gasteiger partial charge in [0.05, 0.1) is 0 Å². The monoisotopic (exact) mass is 270 g/mol. The van der Waals surface area contributed by atoms with E-state index in [4.69, 9.17) is 0 Å². The molecule has 1 heteroatoms. The van der Waals surface area contributed by atoms with Crippen molar-refractivity contribution in [2.75, 3.05) is 0 Å². The van der Waals surface area contributed by atoms with Gasteiger partial charge < -0.3 is 0 Å². The van der Waals surface area contributed by atoms with Crippen molar-refractivity contribution in [3.63, 3.8) is 0 Å². The summed E-state index contributed by atoms with van der Waals surface area (Å²) in [5.41, 5.74) is 1.44. The molecule has 0 saturated heterocycles. The van der Waals surface area contributed by atoms with E-state index in [1.807, 2.05) is 0 Å². The van der Waals surface area contributed by atoms with Gasteiger partial charge >= 0.3 is 0 Å². The first-order valence-corrected chi connectivity index (χ1v) is 5.27. The summed E-state index contributed by atoms with van der Waals surface area (Å²) < 4.78 is 0.336. The highest BCUT2D eigenvalue weighted by molar-refractivity contribution is 14.1. The smallest absolute Gasteiger partial charge is 0.0478 e. The molecule has 0 aliphatic heterocycles. The standard InChI is InChI=1S/C11H11I/c12-11-7-3-1-2-5-10(9-11)6-4-8-11/h1-7H,8-9H2/b2-1-,7-3-,10-5-. The average Bonchev–Trinajstić information content (AvgIpc) is 2.02. The highest BCUT2D eigenvalue weighted by Crippen LogP contribution is 2.37. The summed E-state index contributed by atoms with van der Waals surface area (Å²) in [5, 5.41) is 0. The van der Waals surface area contributed by atoms with Crippen LogP contribution < -0.4 is 0 Å². The van der Waals surface area contributed by atoms with Gasteiger partial charge in [0.15, 0.2) is 0 Å². The minimum atomic E-state index is 0.336. The highest BCUT2D eigenvalue weighted by atomic mass is 127. The van der Waals surface area contributed by atoms with Crippen molar-refractivity contribution in [3.05, 3.63) is 48.1 Å². The van der Waals surface area contributed by atoms with Gasteiger partial charge in [-0.2, -0.15) is 0 Å². The lowest BCUT2D eigenvalue weighted by Gasteiger charge is -2.27. The molecule has 0 fully saturated rings. The molecule has 0 spiro atoms. The summed E-state index contributed by atoms with van der Waals surface area (Å²) in [6, 6.07) is 0. The van der Waals surface area contributed by atoms with Crippen molar-refractivity contribution in [1.29, 1.82) is 0 Å².